The highest BCUT2D eigenvalue weighted by Gasteiger charge is 2.21. The predicted octanol–water partition coefficient (Wildman–Crippen LogP) is 3.43. The lowest BCUT2D eigenvalue weighted by molar-refractivity contribution is 0.164. The Balaban J connectivity index is 1.40. The van der Waals surface area contributed by atoms with Crippen molar-refractivity contribution in [3.05, 3.63) is 60.9 Å². The van der Waals surface area contributed by atoms with Gasteiger partial charge in [-0.1, -0.05) is 18.7 Å². The van der Waals surface area contributed by atoms with Crippen molar-refractivity contribution in [1.82, 2.24) is 34.9 Å². The van der Waals surface area contributed by atoms with Gasteiger partial charge in [0.1, 0.15) is 11.6 Å². The van der Waals surface area contributed by atoms with Gasteiger partial charge < -0.3 is 20.3 Å². The zero-order valence-corrected chi connectivity index (χ0v) is 21.7. The summed E-state index contributed by atoms with van der Waals surface area (Å²) >= 11 is 0. The van der Waals surface area contributed by atoms with Gasteiger partial charge in [0.15, 0.2) is 5.65 Å². The lowest BCUT2D eigenvalue weighted by Crippen LogP contribution is -2.47. The molecule has 3 N–H and O–H groups in total. The van der Waals surface area contributed by atoms with Crippen LogP contribution in [0.3, 0.4) is 0 Å². The first-order valence-corrected chi connectivity index (χ1v) is 12.5. The number of anilines is 1. The van der Waals surface area contributed by atoms with Crippen molar-refractivity contribution in [3.8, 4) is 28.1 Å². The highest BCUT2D eigenvalue weighted by molar-refractivity contribution is 5.95. The Labute approximate surface area is 217 Å². The van der Waals surface area contributed by atoms with Gasteiger partial charge in [0.25, 0.3) is 0 Å². The van der Waals surface area contributed by atoms with Crippen LogP contribution < -0.4 is 10.5 Å². The number of hydrogen-bond donors (Lipinski definition) is 2. The molecule has 0 aliphatic carbocycles. The number of aromatic nitrogens is 4. The van der Waals surface area contributed by atoms with E-state index >= 15 is 0 Å². The van der Waals surface area contributed by atoms with Crippen molar-refractivity contribution in [1.29, 1.82) is 0 Å². The molecule has 4 aromatic rings. The van der Waals surface area contributed by atoms with Crippen LogP contribution in [0, 0.1) is 0 Å². The van der Waals surface area contributed by atoms with E-state index in [9.17, 15) is 0 Å². The third-order valence-electron chi connectivity index (χ3n) is 6.97. The van der Waals surface area contributed by atoms with Crippen LogP contribution in [-0.2, 0) is 0 Å². The maximum atomic E-state index is 6.33. The van der Waals surface area contributed by atoms with Gasteiger partial charge in [-0.15, -0.1) is 0 Å². The van der Waals surface area contributed by atoms with Crippen molar-refractivity contribution < 1.29 is 4.74 Å². The van der Waals surface area contributed by atoms with Crippen LogP contribution in [0.25, 0.3) is 39.1 Å². The zero-order valence-electron chi connectivity index (χ0n) is 21.7. The Morgan fingerprint density at radius 1 is 1.08 bits per heavy atom. The molecule has 1 aliphatic rings. The fourth-order valence-corrected chi connectivity index (χ4v) is 4.73. The number of nitrogens with one attached hydrogen (secondary N) is 1. The number of methoxy groups -OCH3 is 1. The largest absolute Gasteiger partial charge is 0.496 e. The maximum absolute atomic E-state index is 6.33. The molecule has 1 aromatic carbocycles. The molecule has 0 amide bonds. The number of benzene rings is 1. The number of likely N-dealkylation sites (N-methyl/N-ethyl adjacent to an activating group) is 1. The van der Waals surface area contributed by atoms with Crippen LogP contribution in [0.2, 0.25) is 0 Å². The Hall–Kier alpha value is -3.95. The normalized spacial score (nSPS) is 14.4. The van der Waals surface area contributed by atoms with Crippen LogP contribution in [0.4, 0.5) is 5.82 Å². The minimum absolute atomic E-state index is 0.482. The average Bonchev–Trinajstić information content (AvgIpc) is 3.35. The molecule has 37 heavy (non-hydrogen) atoms. The number of nitrogens with zero attached hydrogens (tertiary/aromatic N) is 6. The van der Waals surface area contributed by atoms with E-state index in [4.69, 9.17) is 10.5 Å². The predicted molar refractivity (Wildman–Crippen MR) is 149 cm³/mol. The first kappa shape index (κ1) is 24.7. The van der Waals surface area contributed by atoms with Gasteiger partial charge in [0, 0.05) is 85.0 Å². The van der Waals surface area contributed by atoms with Gasteiger partial charge in [-0.25, -0.2) is 9.97 Å². The molecule has 0 saturated carbocycles. The summed E-state index contributed by atoms with van der Waals surface area (Å²) in [6.07, 6.45) is 3.61. The average molecular weight is 499 g/mol. The summed E-state index contributed by atoms with van der Waals surface area (Å²) in [5.41, 5.74) is 12.4. The molecule has 1 saturated heterocycles. The number of ether oxygens (including phenoxy) is 1. The molecular formula is C28H34N8O. The van der Waals surface area contributed by atoms with E-state index in [1.54, 1.807) is 13.3 Å². The van der Waals surface area contributed by atoms with Gasteiger partial charge in [0.05, 0.1) is 12.8 Å². The minimum Gasteiger partial charge on any atom is -0.496 e. The number of nitrogen functional groups attached to an aromatic ring is 1. The number of para-hydroxylation sites is 1. The van der Waals surface area contributed by atoms with E-state index in [0.29, 0.717) is 11.5 Å². The van der Waals surface area contributed by atoms with Gasteiger partial charge in [0.2, 0.25) is 0 Å². The second-order valence-electron chi connectivity index (χ2n) is 9.63. The number of hydrogen-bond acceptors (Lipinski definition) is 8. The molecule has 0 atom stereocenters. The lowest BCUT2D eigenvalue weighted by atomic mass is 10.0. The van der Waals surface area contributed by atoms with Gasteiger partial charge >= 0.3 is 0 Å². The minimum atomic E-state index is 0.482. The van der Waals surface area contributed by atoms with Crippen molar-refractivity contribution in [2.45, 2.75) is 0 Å². The highest BCUT2D eigenvalue weighted by atomic mass is 16.5. The fraction of sp³-hybridized carbons (Fsp3) is 0.321. The van der Waals surface area contributed by atoms with Crippen LogP contribution in [-0.4, -0.2) is 95.3 Å². The summed E-state index contributed by atoms with van der Waals surface area (Å²) < 4.78 is 5.56. The molecule has 3 aromatic heterocycles. The highest BCUT2D eigenvalue weighted by Crippen LogP contribution is 2.35. The molecule has 4 heterocycles. The summed E-state index contributed by atoms with van der Waals surface area (Å²) in [7, 11) is 5.89. The first-order valence-electron chi connectivity index (χ1n) is 12.5. The van der Waals surface area contributed by atoms with E-state index in [-0.39, 0.29) is 0 Å². The monoisotopic (exact) mass is 498 g/mol. The molecule has 192 valence electrons. The van der Waals surface area contributed by atoms with Crippen LogP contribution in [0.1, 0.15) is 5.56 Å². The summed E-state index contributed by atoms with van der Waals surface area (Å²) in [5, 5.41) is 8.44. The van der Waals surface area contributed by atoms with Crippen molar-refractivity contribution >= 4 is 22.5 Å². The van der Waals surface area contributed by atoms with Crippen molar-refractivity contribution in [2.75, 3.05) is 66.2 Å². The number of nitrogens with two attached hydrogens (primary N) is 1. The molecule has 0 spiro atoms. The third-order valence-corrected chi connectivity index (χ3v) is 6.97. The SMILES string of the molecule is C=C(c1cc(-c2cnc3n[nH]c(-c4ccccc4OC)c3c2)cnc1N)N1CCN(CCN(C)C)CC1. The van der Waals surface area contributed by atoms with Crippen molar-refractivity contribution in [2.24, 2.45) is 0 Å². The third kappa shape index (κ3) is 5.14. The quantitative estimate of drug-likeness (QED) is 0.381. The number of H-pyrrole nitrogens is 1. The van der Waals surface area contributed by atoms with Gasteiger partial charge in [-0.05, 0) is 38.4 Å². The molecular weight excluding hydrogens is 464 g/mol. The second kappa shape index (κ2) is 10.6. The van der Waals surface area contributed by atoms with E-state index in [1.807, 2.05) is 30.5 Å². The number of piperazine rings is 1. The number of aromatic amines is 1. The second-order valence-corrected chi connectivity index (χ2v) is 9.63. The standard InChI is InChI=1S/C28H34N8O/c1-19(36-13-11-35(12-14-36)10-9-34(2)3)23-15-20(17-30-27(23)29)21-16-24-26(32-33-28(24)31-18-21)22-7-5-6-8-25(22)37-4/h5-8,15-18H,1,9-14H2,2-4H3,(H2,29,30)(H,31,32,33). The van der Waals surface area contributed by atoms with Crippen LogP contribution in [0.15, 0.2) is 55.4 Å². The molecule has 1 fully saturated rings. The molecule has 0 bridgehead atoms. The van der Waals surface area contributed by atoms with E-state index < -0.39 is 0 Å². The Morgan fingerprint density at radius 3 is 2.57 bits per heavy atom. The molecule has 9 nitrogen and oxygen atoms in total. The molecule has 1 aliphatic heterocycles. The van der Waals surface area contributed by atoms with E-state index in [1.165, 1.54) is 0 Å². The van der Waals surface area contributed by atoms with E-state index in [0.717, 1.165) is 84.0 Å². The molecule has 9 heteroatoms. The lowest BCUT2D eigenvalue weighted by Gasteiger charge is -2.37. The molecule has 0 unspecified atom stereocenters. The summed E-state index contributed by atoms with van der Waals surface area (Å²) in [5.74, 6) is 1.25. The number of pyridine rings is 2. The van der Waals surface area contributed by atoms with Gasteiger partial charge in [-0.3, -0.25) is 10.00 Å². The summed E-state index contributed by atoms with van der Waals surface area (Å²) in [6.45, 7) is 10.4. The Kier molecular flexibility index (Phi) is 7.07. The molecule has 0 radical (unpaired) electrons. The topological polar surface area (TPSA) is 99.4 Å². The Bertz CT molecular complexity index is 1400. The molecule has 5 rings (SSSR count). The first-order chi connectivity index (χ1) is 17.9. The van der Waals surface area contributed by atoms with E-state index in [2.05, 4.69) is 67.7 Å². The van der Waals surface area contributed by atoms with Crippen LogP contribution in [0.5, 0.6) is 5.75 Å². The number of fused-ring (bicyclic) bond motifs is 1. The van der Waals surface area contributed by atoms with Gasteiger partial charge in [-0.2, -0.15) is 5.10 Å². The van der Waals surface area contributed by atoms with Crippen LogP contribution >= 0.6 is 0 Å². The number of rotatable bonds is 8. The van der Waals surface area contributed by atoms with Crippen molar-refractivity contribution in [3.63, 3.8) is 0 Å². The smallest absolute Gasteiger partial charge is 0.181 e. The Morgan fingerprint density at radius 2 is 1.81 bits per heavy atom. The maximum Gasteiger partial charge on any atom is 0.181 e. The fourth-order valence-electron chi connectivity index (χ4n) is 4.73. The summed E-state index contributed by atoms with van der Waals surface area (Å²) in [6, 6.07) is 12.0. The summed E-state index contributed by atoms with van der Waals surface area (Å²) in [4.78, 5) is 16.1. The zero-order chi connectivity index (χ0) is 25.9.